The monoisotopic (exact) mass is 329 g/mol. The molecule has 0 bridgehead atoms. The molecule has 1 aliphatic heterocycles. The first-order chi connectivity index (χ1) is 10.5. The normalized spacial score (nSPS) is 15.2. The fourth-order valence-electron chi connectivity index (χ4n) is 1.85. The summed E-state index contributed by atoms with van der Waals surface area (Å²) in [6, 6.07) is 3.82. The third-order valence-corrected chi connectivity index (χ3v) is 2.72. The Hall–Kier alpha value is -2.38. The Labute approximate surface area is 131 Å². The van der Waals surface area contributed by atoms with Gasteiger partial charge in [-0.25, -0.2) is 0 Å². The zero-order valence-corrected chi connectivity index (χ0v) is 12.9. The van der Waals surface area contributed by atoms with Crippen molar-refractivity contribution in [3.05, 3.63) is 18.2 Å². The van der Waals surface area contributed by atoms with Crippen LogP contribution in [-0.2, 0) is 14.3 Å². The van der Waals surface area contributed by atoms with E-state index in [4.69, 9.17) is 4.74 Å². The molecule has 1 amide bonds. The highest BCUT2D eigenvalue weighted by Crippen LogP contribution is 2.42. The van der Waals surface area contributed by atoms with Crippen LogP contribution in [0.4, 0.5) is 14.5 Å². The van der Waals surface area contributed by atoms with Gasteiger partial charge in [0.2, 0.25) is 0 Å². The first-order valence-corrected chi connectivity index (χ1v) is 6.89. The number of halogens is 2. The molecule has 0 aliphatic carbocycles. The molecule has 1 aromatic carbocycles. The SMILES string of the molecule is CC(C)(C)CC(=O)OCC(=O)Nc1ccc2c(c1)OC(F)(F)O2. The van der Waals surface area contributed by atoms with Gasteiger partial charge in [-0.3, -0.25) is 9.59 Å². The third-order valence-electron chi connectivity index (χ3n) is 2.72. The molecule has 8 heteroatoms. The minimum atomic E-state index is -3.71. The molecule has 23 heavy (non-hydrogen) atoms. The molecular weight excluding hydrogens is 312 g/mol. The van der Waals surface area contributed by atoms with Crippen LogP contribution in [0.25, 0.3) is 0 Å². The van der Waals surface area contributed by atoms with Gasteiger partial charge in [0.15, 0.2) is 18.1 Å². The predicted molar refractivity (Wildman–Crippen MR) is 76.3 cm³/mol. The summed E-state index contributed by atoms with van der Waals surface area (Å²) in [7, 11) is 0. The van der Waals surface area contributed by atoms with Crippen LogP contribution in [0.2, 0.25) is 0 Å². The van der Waals surface area contributed by atoms with Crippen molar-refractivity contribution in [1.29, 1.82) is 0 Å². The van der Waals surface area contributed by atoms with E-state index in [1.54, 1.807) is 0 Å². The van der Waals surface area contributed by atoms with E-state index in [1.807, 2.05) is 20.8 Å². The highest BCUT2D eigenvalue weighted by molar-refractivity contribution is 5.93. The first kappa shape index (κ1) is 17.0. The number of hydrogen-bond acceptors (Lipinski definition) is 5. The Bertz CT molecular complexity index is 625. The lowest BCUT2D eigenvalue weighted by atomic mass is 9.92. The maximum atomic E-state index is 12.9. The zero-order chi connectivity index (χ0) is 17.3. The smallest absolute Gasteiger partial charge is 0.456 e. The third kappa shape index (κ3) is 5.08. The first-order valence-electron chi connectivity index (χ1n) is 6.89. The molecule has 0 spiro atoms. The van der Waals surface area contributed by atoms with Crippen molar-refractivity contribution in [3.8, 4) is 11.5 Å². The Balaban J connectivity index is 1.86. The lowest BCUT2D eigenvalue weighted by Gasteiger charge is -2.16. The highest BCUT2D eigenvalue weighted by Gasteiger charge is 2.43. The molecular formula is C15H17F2NO5. The van der Waals surface area contributed by atoms with Crippen molar-refractivity contribution in [1.82, 2.24) is 0 Å². The van der Waals surface area contributed by atoms with E-state index < -0.39 is 24.8 Å². The van der Waals surface area contributed by atoms with Crippen LogP contribution in [0.1, 0.15) is 27.2 Å². The van der Waals surface area contributed by atoms with E-state index in [-0.39, 0.29) is 29.0 Å². The quantitative estimate of drug-likeness (QED) is 0.860. The highest BCUT2D eigenvalue weighted by atomic mass is 19.3. The van der Waals surface area contributed by atoms with E-state index in [0.717, 1.165) is 0 Å². The van der Waals surface area contributed by atoms with Gasteiger partial charge in [-0.1, -0.05) is 20.8 Å². The number of fused-ring (bicyclic) bond motifs is 1. The van der Waals surface area contributed by atoms with Crippen LogP contribution in [0.5, 0.6) is 11.5 Å². The molecule has 0 atom stereocenters. The zero-order valence-electron chi connectivity index (χ0n) is 12.9. The summed E-state index contributed by atoms with van der Waals surface area (Å²) in [5.74, 6) is -1.38. The number of nitrogens with one attached hydrogen (secondary N) is 1. The van der Waals surface area contributed by atoms with Crippen molar-refractivity contribution in [2.24, 2.45) is 5.41 Å². The van der Waals surface area contributed by atoms with Crippen LogP contribution >= 0.6 is 0 Å². The van der Waals surface area contributed by atoms with Crippen LogP contribution in [0.3, 0.4) is 0 Å². The number of hydrogen-bond donors (Lipinski definition) is 1. The topological polar surface area (TPSA) is 73.9 Å². The van der Waals surface area contributed by atoms with Gasteiger partial charge >= 0.3 is 12.3 Å². The number of carbonyl (C=O) groups is 2. The van der Waals surface area contributed by atoms with Gasteiger partial charge in [-0.2, -0.15) is 0 Å². The van der Waals surface area contributed by atoms with Gasteiger partial charge in [0.1, 0.15) is 0 Å². The Kier molecular flexibility index (Phi) is 4.44. The van der Waals surface area contributed by atoms with Crippen LogP contribution in [0, 0.1) is 5.41 Å². The summed E-state index contributed by atoms with van der Waals surface area (Å²) in [5.41, 5.74) is -0.0160. The van der Waals surface area contributed by atoms with Crippen LogP contribution in [0.15, 0.2) is 18.2 Å². The molecule has 6 nitrogen and oxygen atoms in total. The average Bonchev–Trinajstić information content (AvgIpc) is 2.67. The molecule has 0 aromatic heterocycles. The summed E-state index contributed by atoms with van der Waals surface area (Å²) in [6.45, 7) is 5.16. The molecule has 0 saturated carbocycles. The second-order valence-electron chi connectivity index (χ2n) is 6.28. The van der Waals surface area contributed by atoms with Crippen LogP contribution in [-0.4, -0.2) is 24.8 Å². The molecule has 1 heterocycles. The Morgan fingerprint density at radius 2 is 1.87 bits per heavy atom. The maximum absolute atomic E-state index is 12.9. The molecule has 0 fully saturated rings. The van der Waals surface area contributed by atoms with Gasteiger partial charge in [0, 0.05) is 11.8 Å². The number of carbonyl (C=O) groups excluding carboxylic acids is 2. The summed E-state index contributed by atoms with van der Waals surface area (Å²) in [5, 5.41) is 2.42. The molecule has 1 N–H and O–H groups in total. The fourth-order valence-corrected chi connectivity index (χ4v) is 1.85. The van der Waals surface area contributed by atoms with Crippen molar-refractivity contribution >= 4 is 17.6 Å². The molecule has 1 aliphatic rings. The number of alkyl halides is 2. The van der Waals surface area contributed by atoms with E-state index in [1.165, 1.54) is 18.2 Å². The Morgan fingerprint density at radius 1 is 1.22 bits per heavy atom. The number of benzene rings is 1. The molecule has 1 aromatic rings. The largest absolute Gasteiger partial charge is 0.586 e. The molecule has 0 unspecified atom stereocenters. The summed E-state index contributed by atoms with van der Waals surface area (Å²) in [4.78, 5) is 23.2. The van der Waals surface area contributed by atoms with Gasteiger partial charge < -0.3 is 19.5 Å². The van der Waals surface area contributed by atoms with Crippen molar-refractivity contribution < 1.29 is 32.6 Å². The molecule has 0 saturated heterocycles. The standard InChI is InChI=1S/C15H17F2NO5/c1-14(2,3)7-13(20)21-8-12(19)18-9-4-5-10-11(6-9)23-15(16,17)22-10/h4-6H,7-8H2,1-3H3,(H,18,19). The number of esters is 1. The summed E-state index contributed by atoms with van der Waals surface area (Å²) >= 11 is 0. The Morgan fingerprint density at radius 3 is 2.52 bits per heavy atom. The fraction of sp³-hybridized carbons (Fsp3) is 0.467. The second-order valence-corrected chi connectivity index (χ2v) is 6.28. The lowest BCUT2D eigenvalue weighted by molar-refractivity contribution is -0.286. The van der Waals surface area contributed by atoms with Gasteiger partial charge in [0.05, 0.1) is 6.42 Å². The van der Waals surface area contributed by atoms with Crippen LogP contribution < -0.4 is 14.8 Å². The predicted octanol–water partition coefficient (Wildman–Crippen LogP) is 2.93. The lowest BCUT2D eigenvalue weighted by Crippen LogP contribution is -2.26. The van der Waals surface area contributed by atoms with Crippen molar-refractivity contribution in [3.63, 3.8) is 0 Å². The van der Waals surface area contributed by atoms with E-state index in [9.17, 15) is 18.4 Å². The summed E-state index contributed by atoms with van der Waals surface area (Å²) in [6.07, 6.45) is -3.53. The van der Waals surface area contributed by atoms with Crippen molar-refractivity contribution in [2.75, 3.05) is 11.9 Å². The summed E-state index contributed by atoms with van der Waals surface area (Å²) < 4.78 is 39.1. The maximum Gasteiger partial charge on any atom is 0.586 e. The average molecular weight is 329 g/mol. The number of amides is 1. The van der Waals surface area contributed by atoms with Gasteiger partial charge in [-0.15, -0.1) is 8.78 Å². The van der Waals surface area contributed by atoms with Gasteiger partial charge in [-0.05, 0) is 17.5 Å². The molecule has 126 valence electrons. The minimum absolute atomic E-state index is 0.121. The van der Waals surface area contributed by atoms with Crippen molar-refractivity contribution in [2.45, 2.75) is 33.5 Å². The molecule has 2 rings (SSSR count). The van der Waals surface area contributed by atoms with E-state index in [2.05, 4.69) is 14.8 Å². The number of rotatable bonds is 4. The second kappa shape index (κ2) is 6.02. The number of ether oxygens (including phenoxy) is 3. The minimum Gasteiger partial charge on any atom is -0.456 e. The molecule has 0 radical (unpaired) electrons. The van der Waals surface area contributed by atoms with E-state index in [0.29, 0.717) is 0 Å². The number of anilines is 1. The van der Waals surface area contributed by atoms with Gasteiger partial charge in [0.25, 0.3) is 5.91 Å². The van der Waals surface area contributed by atoms with E-state index >= 15 is 0 Å².